The van der Waals surface area contributed by atoms with Gasteiger partial charge >= 0.3 is 0 Å². The summed E-state index contributed by atoms with van der Waals surface area (Å²) < 4.78 is 0. The molecule has 0 amide bonds. The molecule has 1 aromatic carbocycles. The molecule has 0 bridgehead atoms. The summed E-state index contributed by atoms with van der Waals surface area (Å²) >= 11 is 12.2. The second-order valence-electron chi connectivity index (χ2n) is 5.80. The summed E-state index contributed by atoms with van der Waals surface area (Å²) in [5.74, 6) is 0. The number of hydrogen-bond acceptors (Lipinski definition) is 3. The molecule has 0 aliphatic carbocycles. The van der Waals surface area contributed by atoms with E-state index in [-0.39, 0.29) is 6.04 Å². The van der Waals surface area contributed by atoms with Gasteiger partial charge in [0.2, 0.25) is 0 Å². The molecule has 0 saturated carbocycles. The van der Waals surface area contributed by atoms with Crippen LogP contribution in [-0.4, -0.2) is 48.6 Å². The van der Waals surface area contributed by atoms with E-state index < -0.39 is 0 Å². The molecule has 118 valence electrons. The number of rotatable bonds is 5. The van der Waals surface area contributed by atoms with E-state index in [1.54, 1.807) is 0 Å². The highest BCUT2D eigenvalue weighted by molar-refractivity contribution is 6.42. The molecule has 0 radical (unpaired) electrons. The van der Waals surface area contributed by atoms with Gasteiger partial charge in [-0.05, 0) is 37.6 Å². The zero-order chi connectivity index (χ0) is 15.4. The minimum Gasteiger partial charge on any atom is -0.329 e. The first-order valence-electron chi connectivity index (χ1n) is 7.70. The van der Waals surface area contributed by atoms with Crippen LogP contribution >= 0.6 is 23.2 Å². The molecule has 5 heteroatoms. The average molecular weight is 330 g/mol. The number of nitrogens with two attached hydrogens (primary N) is 1. The van der Waals surface area contributed by atoms with Crippen molar-refractivity contribution in [3.8, 4) is 0 Å². The van der Waals surface area contributed by atoms with Crippen LogP contribution in [0.15, 0.2) is 18.2 Å². The number of benzene rings is 1. The fourth-order valence-electron chi connectivity index (χ4n) is 3.14. The molecule has 0 aromatic heterocycles. The maximum Gasteiger partial charge on any atom is 0.0595 e. The normalized spacial score (nSPS) is 22.4. The minimum atomic E-state index is 0.214. The third-order valence-electron chi connectivity index (χ3n) is 4.30. The highest BCUT2D eigenvalue weighted by Crippen LogP contribution is 2.29. The van der Waals surface area contributed by atoms with Crippen LogP contribution in [0.5, 0.6) is 0 Å². The van der Waals surface area contributed by atoms with Gasteiger partial charge in [-0.25, -0.2) is 0 Å². The predicted octanol–water partition coefficient (Wildman–Crippen LogP) is 3.41. The molecule has 1 saturated heterocycles. The molecule has 1 heterocycles. The summed E-state index contributed by atoms with van der Waals surface area (Å²) in [6, 6.07) is 6.62. The van der Waals surface area contributed by atoms with Crippen molar-refractivity contribution in [1.82, 2.24) is 9.80 Å². The van der Waals surface area contributed by atoms with E-state index in [4.69, 9.17) is 28.9 Å². The Bertz CT molecular complexity index is 467. The molecular formula is C16H25Cl2N3. The molecule has 2 N–H and O–H groups in total. The van der Waals surface area contributed by atoms with Gasteiger partial charge in [0.25, 0.3) is 0 Å². The third kappa shape index (κ3) is 4.11. The van der Waals surface area contributed by atoms with Gasteiger partial charge in [0.05, 0.1) is 10.0 Å². The Hall–Kier alpha value is -0.320. The summed E-state index contributed by atoms with van der Waals surface area (Å²) in [7, 11) is 0. The van der Waals surface area contributed by atoms with Crippen molar-refractivity contribution in [2.75, 3.05) is 32.7 Å². The zero-order valence-corrected chi connectivity index (χ0v) is 14.4. The molecule has 21 heavy (non-hydrogen) atoms. The van der Waals surface area contributed by atoms with Gasteiger partial charge in [-0.15, -0.1) is 0 Å². The van der Waals surface area contributed by atoms with Crippen LogP contribution in [0, 0.1) is 0 Å². The first-order valence-corrected chi connectivity index (χ1v) is 8.45. The van der Waals surface area contributed by atoms with Gasteiger partial charge in [-0.3, -0.25) is 9.80 Å². The Morgan fingerprint density at radius 3 is 2.62 bits per heavy atom. The lowest BCUT2D eigenvalue weighted by molar-refractivity contribution is 0.0572. The van der Waals surface area contributed by atoms with Gasteiger partial charge in [0.15, 0.2) is 0 Å². The van der Waals surface area contributed by atoms with E-state index >= 15 is 0 Å². The molecule has 3 nitrogen and oxygen atoms in total. The highest BCUT2D eigenvalue weighted by atomic mass is 35.5. The van der Waals surface area contributed by atoms with Gasteiger partial charge in [0.1, 0.15) is 0 Å². The third-order valence-corrected chi connectivity index (χ3v) is 5.04. The van der Waals surface area contributed by atoms with Gasteiger partial charge in [-0.1, -0.05) is 36.2 Å². The van der Waals surface area contributed by atoms with E-state index in [9.17, 15) is 0 Å². The summed E-state index contributed by atoms with van der Waals surface area (Å²) in [6.07, 6.45) is 1.21. The number of halogens is 2. The Kier molecular flexibility index (Phi) is 6.33. The van der Waals surface area contributed by atoms with E-state index in [1.165, 1.54) is 13.0 Å². The average Bonchev–Trinajstić information content (AvgIpc) is 2.46. The van der Waals surface area contributed by atoms with Crippen LogP contribution in [0.1, 0.15) is 31.9 Å². The number of nitrogens with zero attached hydrogens (tertiary/aromatic N) is 2. The number of piperazine rings is 1. The first kappa shape index (κ1) is 17.0. The van der Waals surface area contributed by atoms with Crippen LogP contribution < -0.4 is 5.73 Å². The summed E-state index contributed by atoms with van der Waals surface area (Å²) in [4.78, 5) is 5.02. The van der Waals surface area contributed by atoms with Crippen molar-refractivity contribution >= 4 is 23.2 Å². The standard InChI is InChI=1S/C16H25Cl2N3/c1-3-6-20-7-8-21(11-12(20)2)16(10-19)13-4-5-14(17)15(18)9-13/h4-5,9,12,16H,3,6-8,10-11,19H2,1-2H3. The van der Waals surface area contributed by atoms with Crippen LogP contribution in [0.2, 0.25) is 10.0 Å². The molecule has 0 spiro atoms. The lowest BCUT2D eigenvalue weighted by Gasteiger charge is -2.43. The molecular weight excluding hydrogens is 305 g/mol. The minimum absolute atomic E-state index is 0.214. The molecule has 2 unspecified atom stereocenters. The van der Waals surface area contributed by atoms with Crippen molar-refractivity contribution in [1.29, 1.82) is 0 Å². The van der Waals surface area contributed by atoms with E-state index in [1.807, 2.05) is 18.2 Å². The summed E-state index contributed by atoms with van der Waals surface area (Å²) in [5, 5.41) is 1.20. The monoisotopic (exact) mass is 329 g/mol. The Labute approximate surface area is 138 Å². The van der Waals surface area contributed by atoms with Gasteiger partial charge in [0, 0.05) is 38.3 Å². The SMILES string of the molecule is CCCN1CCN(C(CN)c2ccc(Cl)c(Cl)c2)CC1C. The zero-order valence-electron chi connectivity index (χ0n) is 12.9. The van der Waals surface area contributed by atoms with E-state index in [0.29, 0.717) is 22.6 Å². The maximum absolute atomic E-state index is 6.15. The number of hydrogen-bond donors (Lipinski definition) is 1. The fourth-order valence-corrected chi connectivity index (χ4v) is 3.45. The summed E-state index contributed by atoms with van der Waals surface area (Å²) in [6.45, 7) is 9.50. The molecule has 2 rings (SSSR count). The van der Waals surface area contributed by atoms with Gasteiger partial charge in [-0.2, -0.15) is 0 Å². The van der Waals surface area contributed by atoms with E-state index in [2.05, 4.69) is 23.6 Å². The molecule has 1 fully saturated rings. The van der Waals surface area contributed by atoms with Crippen LogP contribution in [-0.2, 0) is 0 Å². The lowest BCUT2D eigenvalue weighted by atomic mass is 10.0. The van der Waals surface area contributed by atoms with Crippen molar-refractivity contribution in [2.24, 2.45) is 5.73 Å². The second kappa shape index (κ2) is 7.80. The van der Waals surface area contributed by atoms with Crippen LogP contribution in [0.25, 0.3) is 0 Å². The Morgan fingerprint density at radius 2 is 2.05 bits per heavy atom. The molecule has 2 atom stereocenters. The van der Waals surface area contributed by atoms with Crippen molar-refractivity contribution in [3.63, 3.8) is 0 Å². The van der Waals surface area contributed by atoms with Crippen LogP contribution in [0.4, 0.5) is 0 Å². The van der Waals surface area contributed by atoms with Crippen molar-refractivity contribution in [3.05, 3.63) is 33.8 Å². The maximum atomic E-state index is 6.15. The van der Waals surface area contributed by atoms with E-state index in [0.717, 1.165) is 25.2 Å². The molecule has 1 aliphatic rings. The smallest absolute Gasteiger partial charge is 0.0595 e. The first-order chi connectivity index (χ1) is 10.1. The Balaban J connectivity index is 2.09. The summed E-state index contributed by atoms with van der Waals surface area (Å²) in [5.41, 5.74) is 7.19. The highest BCUT2D eigenvalue weighted by Gasteiger charge is 2.28. The second-order valence-corrected chi connectivity index (χ2v) is 6.62. The lowest BCUT2D eigenvalue weighted by Crippen LogP contribution is -2.53. The largest absolute Gasteiger partial charge is 0.329 e. The molecule has 1 aliphatic heterocycles. The molecule has 1 aromatic rings. The van der Waals surface area contributed by atoms with Crippen LogP contribution in [0.3, 0.4) is 0 Å². The predicted molar refractivity (Wildman–Crippen MR) is 91.2 cm³/mol. The fraction of sp³-hybridized carbons (Fsp3) is 0.625. The van der Waals surface area contributed by atoms with Crippen molar-refractivity contribution in [2.45, 2.75) is 32.4 Å². The van der Waals surface area contributed by atoms with Crippen molar-refractivity contribution < 1.29 is 0 Å². The Morgan fingerprint density at radius 1 is 1.29 bits per heavy atom. The van der Waals surface area contributed by atoms with Gasteiger partial charge < -0.3 is 5.73 Å². The topological polar surface area (TPSA) is 32.5 Å². The quantitative estimate of drug-likeness (QED) is 0.898.